The Morgan fingerprint density at radius 1 is 1.23 bits per heavy atom. The van der Waals surface area contributed by atoms with Crippen molar-refractivity contribution < 1.29 is 18.0 Å². The van der Waals surface area contributed by atoms with Crippen molar-refractivity contribution in [1.82, 2.24) is 19.5 Å². The smallest absolute Gasteiger partial charge is 0.268 e. The Morgan fingerprint density at radius 2 is 2.00 bits per heavy atom. The SMILES string of the molecule is CC1CCc2ccccc2N1C(=O)COn1nnc2ccc(S(=O)(=O)N(C)C)cc21. The van der Waals surface area contributed by atoms with Crippen LogP contribution in [0, 0.1) is 0 Å². The van der Waals surface area contributed by atoms with Crippen molar-refractivity contribution in [3.8, 4) is 0 Å². The number of hydrogen-bond acceptors (Lipinski definition) is 6. The zero-order chi connectivity index (χ0) is 21.5. The van der Waals surface area contributed by atoms with Crippen LogP contribution in [0.2, 0.25) is 0 Å². The zero-order valence-corrected chi connectivity index (χ0v) is 17.8. The van der Waals surface area contributed by atoms with Crippen molar-refractivity contribution in [2.24, 2.45) is 0 Å². The van der Waals surface area contributed by atoms with E-state index in [9.17, 15) is 13.2 Å². The molecular weight excluding hydrogens is 406 g/mol. The second kappa shape index (κ2) is 7.69. The van der Waals surface area contributed by atoms with Gasteiger partial charge in [-0.1, -0.05) is 23.0 Å². The van der Waals surface area contributed by atoms with Crippen molar-refractivity contribution in [3.05, 3.63) is 48.0 Å². The van der Waals surface area contributed by atoms with Gasteiger partial charge in [0.1, 0.15) is 11.0 Å². The summed E-state index contributed by atoms with van der Waals surface area (Å²) < 4.78 is 25.9. The molecule has 1 aliphatic heterocycles. The number of carbonyl (C=O) groups is 1. The van der Waals surface area contributed by atoms with E-state index in [4.69, 9.17) is 4.84 Å². The van der Waals surface area contributed by atoms with Gasteiger partial charge in [0.2, 0.25) is 10.0 Å². The molecule has 1 unspecified atom stereocenters. The Labute approximate surface area is 174 Å². The van der Waals surface area contributed by atoms with Crippen LogP contribution in [0.3, 0.4) is 0 Å². The Hall–Kier alpha value is -2.98. The van der Waals surface area contributed by atoms with E-state index < -0.39 is 10.0 Å². The molecule has 0 bridgehead atoms. The fourth-order valence-electron chi connectivity index (χ4n) is 3.60. The van der Waals surface area contributed by atoms with Gasteiger partial charge in [-0.25, -0.2) is 12.7 Å². The Bertz CT molecular complexity index is 1200. The van der Waals surface area contributed by atoms with E-state index in [0.29, 0.717) is 11.0 Å². The van der Waals surface area contributed by atoms with E-state index >= 15 is 0 Å². The fourth-order valence-corrected chi connectivity index (χ4v) is 4.52. The lowest BCUT2D eigenvalue weighted by atomic mass is 9.96. The van der Waals surface area contributed by atoms with Crippen molar-refractivity contribution in [1.29, 1.82) is 0 Å². The molecule has 1 amide bonds. The average molecular weight is 430 g/mol. The van der Waals surface area contributed by atoms with E-state index in [1.165, 1.54) is 26.2 Å². The van der Waals surface area contributed by atoms with Crippen LogP contribution in [0.1, 0.15) is 18.9 Å². The van der Waals surface area contributed by atoms with Crippen LogP contribution in [0.25, 0.3) is 11.0 Å². The summed E-state index contributed by atoms with van der Waals surface area (Å²) in [6.07, 6.45) is 1.81. The second-order valence-corrected chi connectivity index (χ2v) is 9.61. The van der Waals surface area contributed by atoms with Crippen molar-refractivity contribution in [2.45, 2.75) is 30.7 Å². The molecule has 0 fully saturated rings. The monoisotopic (exact) mass is 429 g/mol. The lowest BCUT2D eigenvalue weighted by molar-refractivity contribution is -0.124. The summed E-state index contributed by atoms with van der Waals surface area (Å²) in [7, 11) is -0.698. The van der Waals surface area contributed by atoms with Crippen LogP contribution in [0.15, 0.2) is 47.4 Å². The van der Waals surface area contributed by atoms with Gasteiger partial charge in [0.15, 0.2) is 6.61 Å². The Morgan fingerprint density at radius 3 is 2.77 bits per heavy atom. The summed E-state index contributed by atoms with van der Waals surface area (Å²) in [5.41, 5.74) is 2.87. The summed E-state index contributed by atoms with van der Waals surface area (Å²) in [6.45, 7) is 1.76. The molecule has 9 nitrogen and oxygen atoms in total. The summed E-state index contributed by atoms with van der Waals surface area (Å²) in [4.78, 5) is 21.5. The van der Waals surface area contributed by atoms with Gasteiger partial charge >= 0.3 is 0 Å². The van der Waals surface area contributed by atoms with E-state index in [2.05, 4.69) is 10.3 Å². The number of amides is 1. The van der Waals surface area contributed by atoms with Gasteiger partial charge < -0.3 is 9.74 Å². The molecule has 30 heavy (non-hydrogen) atoms. The standard InChI is InChI=1S/C20H23N5O4S/c1-14-8-9-15-6-4-5-7-18(15)24(14)20(26)13-29-25-19-12-16(30(27,28)23(2)3)10-11-17(19)21-22-25/h4-7,10-12,14H,8-9,13H2,1-3H3. The van der Waals surface area contributed by atoms with Gasteiger partial charge in [0.25, 0.3) is 5.91 Å². The summed E-state index contributed by atoms with van der Waals surface area (Å²) >= 11 is 0. The highest BCUT2D eigenvalue weighted by molar-refractivity contribution is 7.89. The van der Waals surface area contributed by atoms with Crippen molar-refractivity contribution in [2.75, 3.05) is 25.6 Å². The number of rotatable bonds is 5. The van der Waals surface area contributed by atoms with E-state index in [0.717, 1.165) is 33.2 Å². The maximum absolute atomic E-state index is 13.0. The molecule has 3 aromatic rings. The summed E-state index contributed by atoms with van der Waals surface area (Å²) in [5, 5.41) is 7.89. The molecular formula is C20H23N5O4S. The Balaban J connectivity index is 1.58. The van der Waals surface area contributed by atoms with Gasteiger partial charge in [-0.3, -0.25) is 4.79 Å². The van der Waals surface area contributed by atoms with E-state index in [1.807, 2.05) is 31.2 Å². The maximum atomic E-state index is 13.0. The highest BCUT2D eigenvalue weighted by atomic mass is 32.2. The lowest BCUT2D eigenvalue weighted by Gasteiger charge is -2.35. The van der Waals surface area contributed by atoms with Crippen molar-refractivity contribution in [3.63, 3.8) is 0 Å². The number of aromatic nitrogens is 3. The van der Waals surface area contributed by atoms with Crippen LogP contribution in [0.5, 0.6) is 0 Å². The number of para-hydroxylation sites is 1. The highest BCUT2D eigenvalue weighted by Crippen LogP contribution is 2.30. The number of aryl methyl sites for hydroxylation is 1. The molecule has 158 valence electrons. The molecule has 0 saturated carbocycles. The number of fused-ring (bicyclic) bond motifs is 2. The van der Waals surface area contributed by atoms with Crippen LogP contribution in [-0.4, -0.2) is 60.5 Å². The third-order valence-corrected chi connectivity index (χ3v) is 7.08. The minimum atomic E-state index is -3.62. The number of anilines is 1. The number of nitrogens with zero attached hydrogens (tertiary/aromatic N) is 5. The normalized spacial score (nSPS) is 16.7. The average Bonchev–Trinajstić information content (AvgIpc) is 3.14. The molecule has 0 aliphatic carbocycles. The van der Waals surface area contributed by atoms with E-state index in [-0.39, 0.29) is 23.5 Å². The molecule has 4 rings (SSSR count). The van der Waals surface area contributed by atoms with Gasteiger partial charge in [-0.2, -0.15) is 0 Å². The number of carbonyl (C=O) groups excluding carboxylic acids is 1. The summed E-state index contributed by atoms with van der Waals surface area (Å²) in [5.74, 6) is -0.199. The first-order chi connectivity index (χ1) is 14.3. The molecule has 0 saturated heterocycles. The molecule has 0 spiro atoms. The number of hydrogen-bond donors (Lipinski definition) is 0. The molecule has 2 aromatic carbocycles. The fraction of sp³-hybridized carbons (Fsp3) is 0.350. The minimum absolute atomic E-state index is 0.0559. The predicted molar refractivity (Wildman–Crippen MR) is 112 cm³/mol. The third kappa shape index (κ3) is 3.52. The quantitative estimate of drug-likeness (QED) is 0.609. The minimum Gasteiger partial charge on any atom is -0.385 e. The maximum Gasteiger partial charge on any atom is 0.268 e. The molecule has 0 radical (unpaired) electrons. The first kappa shape index (κ1) is 20.3. The van der Waals surface area contributed by atoms with Gasteiger partial charge in [0, 0.05) is 25.8 Å². The van der Waals surface area contributed by atoms with E-state index in [1.54, 1.807) is 11.0 Å². The Kier molecular flexibility index (Phi) is 5.20. The lowest BCUT2D eigenvalue weighted by Crippen LogP contribution is -2.45. The number of sulfonamides is 1. The van der Waals surface area contributed by atoms with Gasteiger partial charge in [-0.15, -0.1) is 5.10 Å². The first-order valence-electron chi connectivity index (χ1n) is 9.60. The summed E-state index contributed by atoms with van der Waals surface area (Å²) in [6, 6.07) is 12.4. The van der Waals surface area contributed by atoms with Crippen molar-refractivity contribution >= 4 is 32.7 Å². The van der Waals surface area contributed by atoms with Crippen LogP contribution < -0.4 is 9.74 Å². The second-order valence-electron chi connectivity index (χ2n) is 7.45. The molecule has 0 N–H and O–H groups in total. The third-order valence-electron chi connectivity index (χ3n) is 5.27. The van der Waals surface area contributed by atoms with Crippen LogP contribution in [-0.2, 0) is 21.2 Å². The molecule has 2 heterocycles. The first-order valence-corrected chi connectivity index (χ1v) is 11.0. The highest BCUT2D eigenvalue weighted by Gasteiger charge is 2.28. The molecule has 1 aliphatic rings. The zero-order valence-electron chi connectivity index (χ0n) is 17.0. The largest absolute Gasteiger partial charge is 0.385 e. The predicted octanol–water partition coefficient (Wildman–Crippen LogP) is 1.48. The van der Waals surface area contributed by atoms with Gasteiger partial charge in [-0.05, 0) is 54.8 Å². The molecule has 1 atom stereocenters. The van der Waals surface area contributed by atoms with Crippen LogP contribution >= 0.6 is 0 Å². The number of benzene rings is 2. The topological polar surface area (TPSA) is 97.6 Å². The van der Waals surface area contributed by atoms with Crippen LogP contribution in [0.4, 0.5) is 5.69 Å². The van der Waals surface area contributed by atoms with Gasteiger partial charge in [0.05, 0.1) is 4.90 Å². The molecule has 1 aromatic heterocycles. The molecule has 10 heteroatoms.